The van der Waals surface area contributed by atoms with Crippen molar-refractivity contribution in [2.75, 3.05) is 0 Å². The van der Waals surface area contributed by atoms with E-state index < -0.39 is 12.3 Å². The van der Waals surface area contributed by atoms with Gasteiger partial charge in [0.25, 0.3) is 0 Å². The molecule has 0 radical (unpaired) electrons. The van der Waals surface area contributed by atoms with E-state index in [9.17, 15) is 4.79 Å². The fraction of sp³-hybridized carbons (Fsp3) is 0.500. The fourth-order valence-electron chi connectivity index (χ4n) is 1.76. The molecule has 1 aliphatic heterocycles. The van der Waals surface area contributed by atoms with Crippen LogP contribution in [0.15, 0.2) is 24.3 Å². The van der Waals surface area contributed by atoms with Crippen molar-refractivity contribution in [3.05, 3.63) is 35.4 Å². The van der Waals surface area contributed by atoms with Crippen molar-refractivity contribution in [3.63, 3.8) is 0 Å². The zero-order valence-electron chi connectivity index (χ0n) is 11.1. The minimum Gasteiger partial charge on any atom is -0.478 e. The predicted octanol–water partition coefficient (Wildman–Crippen LogP) is 2.99. The fourth-order valence-corrected chi connectivity index (χ4v) is 1.76. The van der Waals surface area contributed by atoms with Crippen LogP contribution in [0.4, 0.5) is 0 Å². The maximum atomic E-state index is 10.8. The molecule has 4 nitrogen and oxygen atoms in total. The van der Waals surface area contributed by atoms with Crippen LogP contribution < -0.4 is 0 Å². The van der Waals surface area contributed by atoms with E-state index in [1.165, 1.54) is 0 Å². The molecule has 1 saturated heterocycles. The Balaban J connectivity index is 2.22. The normalized spacial score (nSPS) is 22.0. The van der Waals surface area contributed by atoms with Gasteiger partial charge < -0.3 is 14.6 Å². The lowest BCUT2D eigenvalue weighted by atomic mass is 9.90. The van der Waals surface area contributed by atoms with E-state index in [1.807, 2.05) is 27.7 Å². The van der Waals surface area contributed by atoms with Gasteiger partial charge in [-0.05, 0) is 39.8 Å². The van der Waals surface area contributed by atoms with Crippen LogP contribution in [0, 0.1) is 0 Å². The standard InChI is InChI=1S/C14H18O4/c1-13(2)14(3,4)18-12(17-13)10-7-5-9(6-8-10)11(15)16/h5-8,12H,1-4H3,(H,15,16). The molecule has 1 aliphatic rings. The molecule has 1 aromatic carbocycles. The molecule has 0 aromatic heterocycles. The summed E-state index contributed by atoms with van der Waals surface area (Å²) in [6, 6.07) is 6.57. The van der Waals surface area contributed by atoms with Gasteiger partial charge >= 0.3 is 5.97 Å². The Bertz CT molecular complexity index is 443. The van der Waals surface area contributed by atoms with E-state index in [0.29, 0.717) is 0 Å². The van der Waals surface area contributed by atoms with E-state index in [2.05, 4.69) is 0 Å². The molecule has 0 unspecified atom stereocenters. The van der Waals surface area contributed by atoms with E-state index in [-0.39, 0.29) is 16.8 Å². The summed E-state index contributed by atoms with van der Waals surface area (Å²) in [6.45, 7) is 7.94. The van der Waals surface area contributed by atoms with Gasteiger partial charge in [0.15, 0.2) is 6.29 Å². The number of carboxylic acid groups (broad SMARTS) is 1. The third-order valence-corrected chi connectivity index (χ3v) is 3.68. The van der Waals surface area contributed by atoms with Gasteiger partial charge in [-0.3, -0.25) is 0 Å². The lowest BCUT2D eigenvalue weighted by Crippen LogP contribution is -2.41. The number of hydrogen-bond acceptors (Lipinski definition) is 3. The third kappa shape index (κ3) is 2.13. The lowest BCUT2D eigenvalue weighted by molar-refractivity contribution is -0.0895. The molecule has 18 heavy (non-hydrogen) atoms. The van der Waals surface area contributed by atoms with Crippen molar-refractivity contribution in [2.45, 2.75) is 45.2 Å². The summed E-state index contributed by atoms with van der Waals surface area (Å²) in [4.78, 5) is 10.8. The number of rotatable bonds is 2. The van der Waals surface area contributed by atoms with E-state index in [1.54, 1.807) is 24.3 Å². The summed E-state index contributed by atoms with van der Waals surface area (Å²) >= 11 is 0. The number of aromatic carboxylic acids is 1. The van der Waals surface area contributed by atoms with Crippen LogP contribution in [0.1, 0.15) is 49.9 Å². The first-order chi connectivity index (χ1) is 8.23. The van der Waals surface area contributed by atoms with Crippen molar-refractivity contribution in [2.24, 2.45) is 0 Å². The highest BCUT2D eigenvalue weighted by Crippen LogP contribution is 2.44. The molecule has 4 heteroatoms. The van der Waals surface area contributed by atoms with Crippen LogP contribution in [-0.2, 0) is 9.47 Å². The zero-order chi connectivity index (χ0) is 13.6. The van der Waals surface area contributed by atoms with Crippen molar-refractivity contribution < 1.29 is 19.4 Å². The molecule has 0 amide bonds. The van der Waals surface area contributed by atoms with Gasteiger partial charge in [-0.15, -0.1) is 0 Å². The molecule has 0 saturated carbocycles. The topological polar surface area (TPSA) is 55.8 Å². The minimum absolute atomic E-state index is 0.260. The van der Waals surface area contributed by atoms with Gasteiger partial charge in [-0.1, -0.05) is 12.1 Å². The van der Waals surface area contributed by atoms with E-state index in [0.717, 1.165) is 5.56 Å². The minimum atomic E-state index is -0.935. The van der Waals surface area contributed by atoms with Crippen molar-refractivity contribution >= 4 is 5.97 Å². The molecule has 1 aromatic rings. The summed E-state index contributed by atoms with van der Waals surface area (Å²) in [5.74, 6) is -0.935. The monoisotopic (exact) mass is 250 g/mol. The SMILES string of the molecule is CC1(C)OC(c2ccc(C(=O)O)cc2)OC1(C)C. The van der Waals surface area contributed by atoms with Gasteiger partial charge in [0, 0.05) is 5.56 Å². The molecule has 1 N–H and O–H groups in total. The Kier molecular flexibility index (Phi) is 2.95. The molecular weight excluding hydrogens is 232 g/mol. The summed E-state index contributed by atoms with van der Waals surface area (Å²) in [5.41, 5.74) is 0.320. The van der Waals surface area contributed by atoms with Crippen molar-refractivity contribution in [1.29, 1.82) is 0 Å². The Labute approximate surface area is 107 Å². The first-order valence-corrected chi connectivity index (χ1v) is 5.92. The first kappa shape index (κ1) is 13.1. The summed E-state index contributed by atoms with van der Waals surface area (Å²) in [5, 5.41) is 8.84. The molecule has 0 bridgehead atoms. The van der Waals surface area contributed by atoms with Crippen LogP contribution in [0.25, 0.3) is 0 Å². The molecule has 1 fully saturated rings. The Hall–Kier alpha value is -1.39. The Morgan fingerprint density at radius 3 is 1.89 bits per heavy atom. The lowest BCUT2D eigenvalue weighted by Gasteiger charge is -2.30. The van der Waals surface area contributed by atoms with Crippen molar-refractivity contribution in [3.8, 4) is 0 Å². The molecule has 2 rings (SSSR count). The van der Waals surface area contributed by atoms with Crippen LogP contribution in [0.3, 0.4) is 0 Å². The Morgan fingerprint density at radius 1 is 1.06 bits per heavy atom. The number of carbonyl (C=O) groups is 1. The average Bonchev–Trinajstić information content (AvgIpc) is 2.48. The highest BCUT2D eigenvalue weighted by molar-refractivity contribution is 5.87. The number of carboxylic acids is 1. The summed E-state index contributed by atoms with van der Waals surface area (Å²) in [6.07, 6.45) is -0.446. The largest absolute Gasteiger partial charge is 0.478 e. The van der Waals surface area contributed by atoms with Crippen LogP contribution in [0.2, 0.25) is 0 Å². The second-order valence-electron chi connectivity index (χ2n) is 5.52. The maximum Gasteiger partial charge on any atom is 0.335 e. The molecule has 98 valence electrons. The number of ether oxygens (including phenoxy) is 2. The average molecular weight is 250 g/mol. The van der Waals surface area contributed by atoms with Crippen LogP contribution >= 0.6 is 0 Å². The third-order valence-electron chi connectivity index (χ3n) is 3.68. The zero-order valence-corrected chi connectivity index (χ0v) is 11.1. The van der Waals surface area contributed by atoms with Gasteiger partial charge in [-0.25, -0.2) is 4.79 Å². The van der Waals surface area contributed by atoms with E-state index in [4.69, 9.17) is 14.6 Å². The molecule has 1 heterocycles. The highest BCUT2D eigenvalue weighted by atomic mass is 16.7. The van der Waals surface area contributed by atoms with E-state index >= 15 is 0 Å². The van der Waals surface area contributed by atoms with Gasteiger partial charge in [-0.2, -0.15) is 0 Å². The maximum absolute atomic E-state index is 10.8. The van der Waals surface area contributed by atoms with Gasteiger partial charge in [0.05, 0.1) is 16.8 Å². The van der Waals surface area contributed by atoms with Crippen LogP contribution in [0.5, 0.6) is 0 Å². The van der Waals surface area contributed by atoms with Gasteiger partial charge in [0.2, 0.25) is 0 Å². The molecule has 0 spiro atoms. The summed E-state index contributed by atoms with van der Waals surface area (Å²) < 4.78 is 11.8. The second-order valence-corrected chi connectivity index (χ2v) is 5.52. The second kappa shape index (κ2) is 4.07. The predicted molar refractivity (Wildman–Crippen MR) is 66.5 cm³/mol. The summed E-state index contributed by atoms with van der Waals surface area (Å²) in [7, 11) is 0. The number of hydrogen-bond donors (Lipinski definition) is 1. The van der Waals surface area contributed by atoms with Crippen molar-refractivity contribution in [1.82, 2.24) is 0 Å². The first-order valence-electron chi connectivity index (χ1n) is 5.92. The highest BCUT2D eigenvalue weighted by Gasteiger charge is 2.49. The van der Waals surface area contributed by atoms with Crippen LogP contribution in [-0.4, -0.2) is 22.3 Å². The quantitative estimate of drug-likeness (QED) is 0.876. The Morgan fingerprint density at radius 2 is 1.50 bits per heavy atom. The molecule has 0 atom stereocenters. The smallest absolute Gasteiger partial charge is 0.335 e. The number of benzene rings is 1. The molecule has 0 aliphatic carbocycles. The van der Waals surface area contributed by atoms with Gasteiger partial charge in [0.1, 0.15) is 0 Å². The molecular formula is C14H18O4.